The second-order valence-electron chi connectivity index (χ2n) is 6.33. The lowest BCUT2D eigenvalue weighted by Crippen LogP contribution is -2.49. The van der Waals surface area contributed by atoms with E-state index < -0.39 is 17.9 Å². The molecule has 2 aromatic rings. The van der Waals surface area contributed by atoms with E-state index in [4.69, 9.17) is 13.9 Å². The molecule has 1 N–H and O–H groups in total. The highest BCUT2D eigenvalue weighted by molar-refractivity contribution is 5.98. The van der Waals surface area contributed by atoms with Crippen molar-refractivity contribution in [3.8, 4) is 0 Å². The molecule has 6 heteroatoms. The zero-order valence-corrected chi connectivity index (χ0v) is 14.5. The maximum Gasteiger partial charge on any atom is 0.329 e. The van der Waals surface area contributed by atoms with Crippen molar-refractivity contribution >= 4 is 22.8 Å². The molecule has 1 fully saturated rings. The summed E-state index contributed by atoms with van der Waals surface area (Å²) in [6.07, 6.45) is 1.67. The summed E-state index contributed by atoms with van der Waals surface area (Å²) in [7, 11) is 0. The summed E-state index contributed by atoms with van der Waals surface area (Å²) in [5.74, 6) is -0.759. The van der Waals surface area contributed by atoms with Gasteiger partial charge in [-0.05, 0) is 44.9 Å². The van der Waals surface area contributed by atoms with Gasteiger partial charge in [-0.1, -0.05) is 11.6 Å². The van der Waals surface area contributed by atoms with Crippen molar-refractivity contribution in [1.82, 2.24) is 5.32 Å². The molecular weight excluding hydrogens is 322 g/mol. The molecule has 2 heterocycles. The maximum atomic E-state index is 12.6. The smallest absolute Gasteiger partial charge is 0.329 e. The number of benzene rings is 1. The number of amides is 1. The van der Waals surface area contributed by atoms with Gasteiger partial charge in [-0.3, -0.25) is 4.79 Å². The van der Waals surface area contributed by atoms with Crippen molar-refractivity contribution in [2.24, 2.45) is 5.92 Å². The quantitative estimate of drug-likeness (QED) is 0.843. The largest absolute Gasteiger partial charge is 0.464 e. The molecule has 2 atom stereocenters. The van der Waals surface area contributed by atoms with Gasteiger partial charge in [0.1, 0.15) is 11.6 Å². The average Bonchev–Trinajstić information content (AvgIpc) is 3.03. The molecule has 1 aromatic heterocycles. The molecule has 25 heavy (non-hydrogen) atoms. The normalized spacial score (nSPS) is 18.7. The summed E-state index contributed by atoms with van der Waals surface area (Å²) in [6.45, 7) is 5.11. The highest BCUT2D eigenvalue weighted by Crippen LogP contribution is 2.22. The number of aryl methyl sites for hydroxylation is 1. The van der Waals surface area contributed by atoms with E-state index in [2.05, 4.69) is 5.32 Å². The molecule has 0 saturated carbocycles. The number of hydrogen-bond donors (Lipinski definition) is 1. The van der Waals surface area contributed by atoms with Crippen LogP contribution in [0.2, 0.25) is 0 Å². The van der Waals surface area contributed by atoms with Crippen LogP contribution in [0.4, 0.5) is 0 Å². The third-order valence-corrected chi connectivity index (χ3v) is 4.39. The number of hydrogen-bond acceptors (Lipinski definition) is 5. The molecule has 6 nitrogen and oxygen atoms in total. The standard InChI is InChI=1S/C19H23NO5/c1-3-24-19(22)17(13-5-4-8-23-11-13)20-18(21)16-10-14-9-12(2)6-7-15(14)25-16/h6-7,9-10,13,17H,3-5,8,11H2,1-2H3,(H,20,21)/t13-,17+/m0/s1. The van der Waals surface area contributed by atoms with Crippen molar-refractivity contribution in [1.29, 1.82) is 0 Å². The Morgan fingerprint density at radius 2 is 2.20 bits per heavy atom. The SMILES string of the molecule is CCOC(=O)[C@H](NC(=O)c1cc2cc(C)ccc2o1)[C@H]1CCCOC1. The first-order chi connectivity index (χ1) is 12.1. The van der Waals surface area contributed by atoms with Gasteiger partial charge in [0.25, 0.3) is 5.91 Å². The number of carbonyl (C=O) groups excluding carboxylic acids is 2. The Morgan fingerprint density at radius 1 is 1.36 bits per heavy atom. The molecule has 0 radical (unpaired) electrons. The van der Waals surface area contributed by atoms with E-state index in [9.17, 15) is 9.59 Å². The van der Waals surface area contributed by atoms with E-state index in [0.29, 0.717) is 18.8 Å². The zero-order valence-electron chi connectivity index (χ0n) is 14.5. The molecular formula is C19H23NO5. The Balaban J connectivity index is 1.78. The Hall–Kier alpha value is -2.34. The van der Waals surface area contributed by atoms with Crippen LogP contribution >= 0.6 is 0 Å². The molecule has 1 aromatic carbocycles. The Kier molecular flexibility index (Phi) is 5.38. The van der Waals surface area contributed by atoms with Crippen LogP contribution in [0.1, 0.15) is 35.9 Å². The number of nitrogens with one attached hydrogen (secondary N) is 1. The molecule has 134 valence electrons. The number of carbonyl (C=O) groups is 2. The number of rotatable bonds is 5. The van der Waals surface area contributed by atoms with Gasteiger partial charge >= 0.3 is 5.97 Å². The summed E-state index contributed by atoms with van der Waals surface area (Å²) in [5.41, 5.74) is 1.73. The van der Waals surface area contributed by atoms with Gasteiger partial charge in [0.05, 0.1) is 13.2 Å². The average molecular weight is 345 g/mol. The van der Waals surface area contributed by atoms with Gasteiger partial charge in [-0.25, -0.2) is 4.79 Å². The molecule has 1 aliphatic rings. The molecule has 0 spiro atoms. The van der Waals surface area contributed by atoms with Gasteiger partial charge in [0.2, 0.25) is 0 Å². The minimum Gasteiger partial charge on any atom is -0.464 e. The lowest BCUT2D eigenvalue weighted by Gasteiger charge is -2.29. The first-order valence-corrected chi connectivity index (χ1v) is 8.64. The molecule has 3 rings (SSSR count). The first-order valence-electron chi connectivity index (χ1n) is 8.64. The van der Waals surface area contributed by atoms with E-state index >= 15 is 0 Å². The molecule has 1 amide bonds. The Morgan fingerprint density at radius 3 is 2.92 bits per heavy atom. The zero-order chi connectivity index (χ0) is 17.8. The van der Waals surface area contributed by atoms with Gasteiger partial charge in [-0.2, -0.15) is 0 Å². The molecule has 0 bridgehead atoms. The molecule has 1 saturated heterocycles. The van der Waals surface area contributed by atoms with Crippen LogP contribution in [-0.2, 0) is 14.3 Å². The van der Waals surface area contributed by atoms with Crippen LogP contribution in [-0.4, -0.2) is 37.7 Å². The van der Waals surface area contributed by atoms with Crippen LogP contribution < -0.4 is 5.32 Å². The van der Waals surface area contributed by atoms with Crippen LogP contribution in [0.5, 0.6) is 0 Å². The van der Waals surface area contributed by atoms with Crippen molar-refractivity contribution < 1.29 is 23.5 Å². The monoisotopic (exact) mass is 345 g/mol. The van der Waals surface area contributed by atoms with Crippen molar-refractivity contribution in [2.45, 2.75) is 32.7 Å². The van der Waals surface area contributed by atoms with Gasteiger partial charge in [0.15, 0.2) is 5.76 Å². The summed E-state index contributed by atoms with van der Waals surface area (Å²) in [6, 6.07) is 6.67. The summed E-state index contributed by atoms with van der Waals surface area (Å²) < 4.78 is 16.2. The van der Waals surface area contributed by atoms with E-state index in [0.717, 1.165) is 23.8 Å². The third kappa shape index (κ3) is 4.02. The fourth-order valence-electron chi connectivity index (χ4n) is 3.12. The molecule has 0 unspecified atom stereocenters. The summed E-state index contributed by atoms with van der Waals surface area (Å²) in [4.78, 5) is 24.9. The predicted octanol–water partition coefficient (Wildman–Crippen LogP) is 2.83. The number of fused-ring (bicyclic) bond motifs is 1. The minimum absolute atomic E-state index is 0.0941. The topological polar surface area (TPSA) is 77.8 Å². The summed E-state index contributed by atoms with van der Waals surface area (Å²) >= 11 is 0. The van der Waals surface area contributed by atoms with Crippen LogP contribution in [0, 0.1) is 12.8 Å². The Labute approximate surface area is 146 Å². The summed E-state index contributed by atoms with van der Waals surface area (Å²) in [5, 5.41) is 3.64. The number of furan rings is 1. The van der Waals surface area contributed by atoms with E-state index in [1.807, 2.05) is 25.1 Å². The van der Waals surface area contributed by atoms with Crippen molar-refractivity contribution in [3.05, 3.63) is 35.6 Å². The third-order valence-electron chi connectivity index (χ3n) is 4.39. The van der Waals surface area contributed by atoms with Crippen LogP contribution in [0.3, 0.4) is 0 Å². The second-order valence-corrected chi connectivity index (χ2v) is 6.33. The van der Waals surface area contributed by atoms with Crippen LogP contribution in [0.25, 0.3) is 11.0 Å². The Bertz CT molecular complexity index is 760. The lowest BCUT2D eigenvalue weighted by atomic mass is 9.93. The van der Waals surface area contributed by atoms with Crippen molar-refractivity contribution in [2.75, 3.05) is 19.8 Å². The second kappa shape index (κ2) is 7.70. The fourth-order valence-corrected chi connectivity index (χ4v) is 3.12. The molecule has 0 aliphatic carbocycles. The predicted molar refractivity (Wildman–Crippen MR) is 92.4 cm³/mol. The van der Waals surface area contributed by atoms with E-state index in [-0.39, 0.29) is 18.3 Å². The minimum atomic E-state index is -0.734. The fraction of sp³-hybridized carbons (Fsp3) is 0.474. The van der Waals surface area contributed by atoms with E-state index in [1.54, 1.807) is 13.0 Å². The van der Waals surface area contributed by atoms with E-state index in [1.165, 1.54) is 0 Å². The number of esters is 1. The molecule has 1 aliphatic heterocycles. The van der Waals surface area contributed by atoms with Crippen LogP contribution in [0.15, 0.2) is 28.7 Å². The maximum absolute atomic E-state index is 12.6. The first kappa shape index (κ1) is 17.5. The van der Waals surface area contributed by atoms with Crippen molar-refractivity contribution in [3.63, 3.8) is 0 Å². The van der Waals surface area contributed by atoms with Gasteiger partial charge in [-0.15, -0.1) is 0 Å². The van der Waals surface area contributed by atoms with Gasteiger partial charge in [0, 0.05) is 17.9 Å². The number of ether oxygens (including phenoxy) is 2. The highest BCUT2D eigenvalue weighted by atomic mass is 16.5. The van der Waals surface area contributed by atoms with Gasteiger partial charge < -0.3 is 19.2 Å². The highest BCUT2D eigenvalue weighted by Gasteiger charge is 2.33. The lowest BCUT2D eigenvalue weighted by molar-refractivity contribution is -0.148.